The van der Waals surface area contributed by atoms with Crippen LogP contribution in [0.1, 0.15) is 50.7 Å². The van der Waals surface area contributed by atoms with Crippen molar-refractivity contribution >= 4 is 11.4 Å². The van der Waals surface area contributed by atoms with Crippen molar-refractivity contribution in [1.82, 2.24) is 0 Å². The molecule has 0 N–H and O–H groups in total. The van der Waals surface area contributed by atoms with Crippen LogP contribution in [0.2, 0.25) is 0 Å². The molecule has 2 nitrogen and oxygen atoms in total. The molecule has 0 fully saturated rings. The van der Waals surface area contributed by atoms with Crippen molar-refractivity contribution in [2.45, 2.75) is 39.5 Å². The summed E-state index contributed by atoms with van der Waals surface area (Å²) in [7, 11) is 0. The van der Waals surface area contributed by atoms with Gasteiger partial charge in [-0.1, -0.05) is 56.5 Å². The van der Waals surface area contributed by atoms with Crippen LogP contribution in [0.3, 0.4) is 0 Å². The van der Waals surface area contributed by atoms with Gasteiger partial charge in [0.25, 0.3) is 0 Å². The Balaban J connectivity index is 0.000000576. The van der Waals surface area contributed by atoms with Gasteiger partial charge in [-0.05, 0) is 18.4 Å². The maximum atomic E-state index is 4.54. The Morgan fingerprint density at radius 2 is 1.79 bits per heavy atom. The Bertz CT molecular complexity index is 424. The normalized spacial score (nSPS) is 16.5. The summed E-state index contributed by atoms with van der Waals surface area (Å²) in [5, 5.41) is 0. The minimum atomic E-state index is 0. The summed E-state index contributed by atoms with van der Waals surface area (Å²) in [6.07, 6.45) is 4.49. The fourth-order valence-corrected chi connectivity index (χ4v) is 2.31. The van der Waals surface area contributed by atoms with Gasteiger partial charge in [0, 0.05) is 30.8 Å². The topological polar surface area (TPSA) is 24.7 Å². The molecule has 1 aromatic carbocycles. The molecular formula is C16H21N2V-. The van der Waals surface area contributed by atoms with Gasteiger partial charge in [-0.2, -0.15) is 0 Å². The summed E-state index contributed by atoms with van der Waals surface area (Å²) in [5.41, 5.74) is 5.04. The monoisotopic (exact) mass is 292 g/mol. The van der Waals surface area contributed by atoms with E-state index in [1.54, 1.807) is 0 Å². The quantitative estimate of drug-likeness (QED) is 0.735. The molecule has 0 spiro atoms. The van der Waals surface area contributed by atoms with Crippen molar-refractivity contribution in [1.29, 1.82) is 0 Å². The molecule has 2 heterocycles. The number of hydrogen-bond acceptors (Lipinski definition) is 2. The van der Waals surface area contributed by atoms with Gasteiger partial charge < -0.3 is 4.99 Å². The van der Waals surface area contributed by atoms with Gasteiger partial charge >= 0.3 is 0 Å². The molecule has 0 aromatic heterocycles. The van der Waals surface area contributed by atoms with Crippen LogP contribution in [0.25, 0.3) is 0 Å². The maximum absolute atomic E-state index is 4.54. The van der Waals surface area contributed by atoms with Gasteiger partial charge in [0.15, 0.2) is 0 Å². The van der Waals surface area contributed by atoms with Crippen LogP contribution in [0.15, 0.2) is 34.3 Å². The van der Waals surface area contributed by atoms with E-state index >= 15 is 0 Å². The molecule has 1 aromatic rings. The second kappa shape index (κ2) is 8.24. The second-order valence-electron chi connectivity index (χ2n) is 4.31. The fourth-order valence-electron chi connectivity index (χ4n) is 2.31. The molecule has 2 aliphatic heterocycles. The average Bonchev–Trinajstić information content (AvgIpc) is 3.15. The van der Waals surface area contributed by atoms with E-state index in [4.69, 9.17) is 0 Å². The number of aliphatic imine (C=N–C) groups is 2. The SMILES string of the molecule is CC.[V].c1cc(C2=N[CH-]CC2)cc(C2=NCCC2)c1. The van der Waals surface area contributed by atoms with Crippen LogP contribution in [-0.2, 0) is 18.6 Å². The largest absolute Gasteiger partial charge is 0.450 e. The van der Waals surface area contributed by atoms with Crippen molar-refractivity contribution in [2.75, 3.05) is 6.54 Å². The molecule has 0 saturated carbocycles. The first-order valence-corrected chi connectivity index (χ1v) is 6.96. The van der Waals surface area contributed by atoms with E-state index in [9.17, 15) is 0 Å². The van der Waals surface area contributed by atoms with Crippen LogP contribution >= 0.6 is 0 Å². The molecule has 0 unspecified atom stereocenters. The van der Waals surface area contributed by atoms with Crippen molar-refractivity contribution < 1.29 is 18.6 Å². The molecule has 101 valence electrons. The third-order valence-corrected chi connectivity index (χ3v) is 3.16. The summed E-state index contributed by atoms with van der Waals surface area (Å²) in [6.45, 7) is 7.00. The van der Waals surface area contributed by atoms with Gasteiger partial charge in [0.2, 0.25) is 0 Å². The first-order chi connectivity index (χ1) is 8.93. The van der Waals surface area contributed by atoms with Crippen LogP contribution in [0.5, 0.6) is 0 Å². The first kappa shape index (κ1) is 16.1. The zero-order valence-electron chi connectivity index (χ0n) is 11.8. The van der Waals surface area contributed by atoms with Crippen LogP contribution in [0, 0.1) is 6.54 Å². The maximum Gasteiger partial charge on any atom is 0.0420 e. The minimum Gasteiger partial charge on any atom is -0.450 e. The third-order valence-electron chi connectivity index (χ3n) is 3.16. The number of benzene rings is 1. The molecule has 3 rings (SSSR count). The van der Waals surface area contributed by atoms with E-state index < -0.39 is 0 Å². The van der Waals surface area contributed by atoms with E-state index in [-0.39, 0.29) is 18.6 Å². The van der Waals surface area contributed by atoms with Gasteiger partial charge in [-0.3, -0.25) is 4.99 Å². The molecule has 3 heteroatoms. The number of rotatable bonds is 2. The second-order valence-corrected chi connectivity index (χ2v) is 4.31. The molecule has 0 bridgehead atoms. The summed E-state index contributed by atoms with van der Waals surface area (Å²) in [4.78, 5) is 8.97. The van der Waals surface area contributed by atoms with Crippen LogP contribution < -0.4 is 0 Å². The van der Waals surface area contributed by atoms with E-state index in [1.165, 1.54) is 29.0 Å². The van der Waals surface area contributed by atoms with E-state index in [0.717, 1.165) is 25.8 Å². The van der Waals surface area contributed by atoms with Crippen molar-refractivity contribution in [3.05, 3.63) is 41.9 Å². The van der Waals surface area contributed by atoms with Crippen molar-refractivity contribution in [3.63, 3.8) is 0 Å². The Kier molecular flexibility index (Phi) is 6.97. The Morgan fingerprint density at radius 3 is 2.37 bits per heavy atom. The third kappa shape index (κ3) is 3.99. The Hall–Kier alpha value is -0.986. The molecular weight excluding hydrogens is 271 g/mol. The number of hydrogen-bond donors (Lipinski definition) is 0. The minimum absolute atomic E-state index is 0. The first-order valence-electron chi connectivity index (χ1n) is 6.96. The van der Waals surface area contributed by atoms with E-state index in [1.807, 2.05) is 20.4 Å². The van der Waals surface area contributed by atoms with Crippen LogP contribution in [0.4, 0.5) is 0 Å². The summed E-state index contributed by atoms with van der Waals surface area (Å²) >= 11 is 0. The molecule has 19 heavy (non-hydrogen) atoms. The standard InChI is InChI=1S/C14H15N2.C2H6.V/c1-4-11(13-6-2-8-15-13)10-12(5-1)14-7-3-9-16-14;1-2;/h1,4-5,8,10H,2-3,6-7,9H2;1-2H3;/q-1;;. The zero-order chi connectivity index (χ0) is 12.8. The predicted molar refractivity (Wildman–Crippen MR) is 78.5 cm³/mol. The predicted octanol–water partition coefficient (Wildman–Crippen LogP) is 4.04. The number of nitrogens with zero attached hydrogens (tertiary/aromatic N) is 2. The molecule has 2 aliphatic rings. The fraction of sp³-hybridized carbons (Fsp3) is 0.438. The Labute approximate surface area is 128 Å². The summed E-state index contributed by atoms with van der Waals surface area (Å²) in [6, 6.07) is 8.67. The molecule has 0 aliphatic carbocycles. The average molecular weight is 292 g/mol. The van der Waals surface area contributed by atoms with Crippen LogP contribution in [-0.4, -0.2) is 18.0 Å². The smallest absolute Gasteiger partial charge is 0.0420 e. The van der Waals surface area contributed by atoms with Crippen molar-refractivity contribution in [3.8, 4) is 0 Å². The summed E-state index contributed by atoms with van der Waals surface area (Å²) < 4.78 is 0. The molecule has 0 saturated heterocycles. The van der Waals surface area contributed by atoms with Gasteiger partial charge in [-0.15, -0.1) is 12.3 Å². The van der Waals surface area contributed by atoms with E-state index in [0.29, 0.717) is 0 Å². The van der Waals surface area contributed by atoms with Gasteiger partial charge in [0.05, 0.1) is 0 Å². The van der Waals surface area contributed by atoms with Gasteiger partial charge in [0.1, 0.15) is 0 Å². The zero-order valence-corrected chi connectivity index (χ0v) is 13.2. The molecule has 0 amide bonds. The van der Waals surface area contributed by atoms with Crippen molar-refractivity contribution in [2.24, 2.45) is 9.98 Å². The molecule has 0 atom stereocenters. The van der Waals surface area contributed by atoms with Gasteiger partial charge in [-0.25, -0.2) is 0 Å². The molecule has 1 radical (unpaired) electrons. The Morgan fingerprint density at radius 1 is 1.05 bits per heavy atom. The summed E-state index contributed by atoms with van der Waals surface area (Å²) in [5.74, 6) is 0. The van der Waals surface area contributed by atoms with E-state index in [2.05, 4.69) is 34.3 Å².